The maximum absolute atomic E-state index is 12.7. The van der Waals surface area contributed by atoms with Crippen LogP contribution in [-0.2, 0) is 9.53 Å². The fourth-order valence-corrected chi connectivity index (χ4v) is 3.82. The number of halogens is 1. The van der Waals surface area contributed by atoms with Gasteiger partial charge in [0.15, 0.2) is 0 Å². The van der Waals surface area contributed by atoms with E-state index in [2.05, 4.69) is 17.1 Å². The maximum Gasteiger partial charge on any atom is 0.223 e. The third kappa shape index (κ3) is 4.84. The first kappa shape index (κ1) is 18.0. The molecule has 3 rings (SSSR count). The summed E-state index contributed by atoms with van der Waals surface area (Å²) in [7, 11) is 0. The summed E-state index contributed by atoms with van der Waals surface area (Å²) in [4.78, 5) is 14.9. The summed E-state index contributed by atoms with van der Waals surface area (Å²) in [5.74, 6) is 2.23. The Balaban J connectivity index is 0.00000176. The Morgan fingerprint density at radius 1 is 1.23 bits per heavy atom. The number of carbonyl (C=O) groups is 1. The van der Waals surface area contributed by atoms with Crippen molar-refractivity contribution in [2.24, 2.45) is 17.8 Å². The minimum atomic E-state index is 0. The van der Waals surface area contributed by atoms with Crippen molar-refractivity contribution in [3.8, 4) is 0 Å². The van der Waals surface area contributed by atoms with Gasteiger partial charge in [0.05, 0.1) is 6.61 Å². The molecule has 4 nitrogen and oxygen atoms in total. The summed E-state index contributed by atoms with van der Waals surface area (Å²) >= 11 is 0. The second-order valence-electron chi connectivity index (χ2n) is 7.28. The normalized spacial score (nSPS) is 27.2. The third-order valence-electron chi connectivity index (χ3n) is 5.47. The number of amides is 1. The standard InChI is InChI=1S/C17H30N2O2.ClH/c1-13(15-4-7-18-8-5-15)10-17(20)19(16-2-3-16)11-14-6-9-21-12-14;/h13-16,18H,2-12H2,1H3;1H. The van der Waals surface area contributed by atoms with Crippen LogP contribution in [0.15, 0.2) is 0 Å². The van der Waals surface area contributed by atoms with Crippen molar-refractivity contribution < 1.29 is 9.53 Å². The van der Waals surface area contributed by atoms with Gasteiger partial charge in [0, 0.05) is 31.5 Å². The summed E-state index contributed by atoms with van der Waals surface area (Å²) in [6, 6.07) is 0.540. The van der Waals surface area contributed by atoms with Crippen LogP contribution >= 0.6 is 12.4 Å². The van der Waals surface area contributed by atoms with Crippen molar-refractivity contribution in [1.82, 2.24) is 10.2 Å². The molecule has 1 N–H and O–H groups in total. The molecule has 3 aliphatic rings. The Labute approximate surface area is 140 Å². The summed E-state index contributed by atoms with van der Waals surface area (Å²) in [5.41, 5.74) is 0. The molecule has 1 saturated carbocycles. The number of nitrogens with zero attached hydrogens (tertiary/aromatic N) is 1. The van der Waals surface area contributed by atoms with Gasteiger partial charge in [-0.2, -0.15) is 0 Å². The zero-order valence-electron chi connectivity index (χ0n) is 13.8. The minimum Gasteiger partial charge on any atom is -0.381 e. The van der Waals surface area contributed by atoms with Gasteiger partial charge in [0.1, 0.15) is 0 Å². The topological polar surface area (TPSA) is 41.6 Å². The Morgan fingerprint density at radius 2 is 1.95 bits per heavy atom. The van der Waals surface area contributed by atoms with Gasteiger partial charge >= 0.3 is 0 Å². The molecule has 1 amide bonds. The monoisotopic (exact) mass is 330 g/mol. The van der Waals surface area contributed by atoms with Crippen molar-refractivity contribution in [1.29, 1.82) is 0 Å². The van der Waals surface area contributed by atoms with Crippen LogP contribution in [0.2, 0.25) is 0 Å². The van der Waals surface area contributed by atoms with Crippen LogP contribution in [0, 0.1) is 17.8 Å². The molecule has 0 bridgehead atoms. The lowest BCUT2D eigenvalue weighted by Crippen LogP contribution is -2.39. The van der Waals surface area contributed by atoms with E-state index in [1.165, 1.54) is 25.7 Å². The highest BCUT2D eigenvalue weighted by molar-refractivity contribution is 5.85. The Morgan fingerprint density at radius 3 is 2.55 bits per heavy atom. The van der Waals surface area contributed by atoms with Crippen LogP contribution in [0.4, 0.5) is 0 Å². The van der Waals surface area contributed by atoms with E-state index in [0.29, 0.717) is 23.8 Å². The molecule has 2 atom stereocenters. The van der Waals surface area contributed by atoms with Crippen molar-refractivity contribution >= 4 is 18.3 Å². The zero-order chi connectivity index (χ0) is 14.7. The molecule has 2 saturated heterocycles. The molecule has 0 aromatic rings. The molecule has 2 heterocycles. The maximum atomic E-state index is 12.7. The van der Waals surface area contributed by atoms with Gasteiger partial charge in [-0.25, -0.2) is 0 Å². The Bertz CT molecular complexity index is 351. The average molecular weight is 331 g/mol. The van der Waals surface area contributed by atoms with Gasteiger partial charge in [0.25, 0.3) is 0 Å². The van der Waals surface area contributed by atoms with E-state index in [1.807, 2.05) is 0 Å². The number of ether oxygens (including phenoxy) is 1. The molecule has 5 heteroatoms. The highest BCUT2D eigenvalue weighted by Gasteiger charge is 2.35. The van der Waals surface area contributed by atoms with Crippen molar-refractivity contribution in [2.45, 2.75) is 51.5 Å². The lowest BCUT2D eigenvalue weighted by atomic mass is 9.84. The summed E-state index contributed by atoms with van der Waals surface area (Å²) in [5, 5.41) is 3.41. The SMILES string of the molecule is CC(CC(=O)N(CC1CCOC1)C1CC1)C1CCNCC1.Cl. The van der Waals surface area contributed by atoms with Crippen molar-refractivity contribution in [3.63, 3.8) is 0 Å². The van der Waals surface area contributed by atoms with Crippen LogP contribution in [0.3, 0.4) is 0 Å². The molecular formula is C17H31ClN2O2. The lowest BCUT2D eigenvalue weighted by Gasteiger charge is -2.31. The molecule has 22 heavy (non-hydrogen) atoms. The van der Waals surface area contributed by atoms with E-state index >= 15 is 0 Å². The molecule has 2 aliphatic heterocycles. The Hall–Kier alpha value is -0.320. The molecule has 0 spiro atoms. The number of hydrogen-bond donors (Lipinski definition) is 1. The van der Waals surface area contributed by atoms with Crippen LogP contribution in [0.5, 0.6) is 0 Å². The number of hydrogen-bond acceptors (Lipinski definition) is 3. The van der Waals surface area contributed by atoms with E-state index in [4.69, 9.17) is 4.74 Å². The lowest BCUT2D eigenvalue weighted by molar-refractivity contribution is -0.133. The molecule has 0 aromatic heterocycles. The predicted octanol–water partition coefficient (Wildman–Crippen LogP) is 2.46. The number of nitrogens with one attached hydrogen (secondary N) is 1. The second kappa shape index (κ2) is 8.51. The van der Waals surface area contributed by atoms with Gasteiger partial charge in [0.2, 0.25) is 5.91 Å². The minimum absolute atomic E-state index is 0. The first-order chi connectivity index (χ1) is 10.2. The highest BCUT2D eigenvalue weighted by atomic mass is 35.5. The fourth-order valence-electron chi connectivity index (χ4n) is 3.82. The average Bonchev–Trinajstić information content (AvgIpc) is 3.21. The van der Waals surface area contributed by atoms with E-state index in [9.17, 15) is 4.79 Å². The van der Waals surface area contributed by atoms with Gasteiger partial charge in [-0.05, 0) is 57.0 Å². The molecule has 3 fully saturated rings. The Kier molecular flexibility index (Phi) is 6.97. The smallest absolute Gasteiger partial charge is 0.223 e. The summed E-state index contributed by atoms with van der Waals surface area (Å²) in [6.07, 6.45) is 6.75. The summed E-state index contributed by atoms with van der Waals surface area (Å²) < 4.78 is 5.47. The third-order valence-corrected chi connectivity index (χ3v) is 5.47. The molecule has 128 valence electrons. The largest absolute Gasteiger partial charge is 0.381 e. The van der Waals surface area contributed by atoms with E-state index in [0.717, 1.165) is 51.6 Å². The quantitative estimate of drug-likeness (QED) is 0.813. The molecule has 0 radical (unpaired) electrons. The molecule has 0 aromatic carbocycles. The number of carbonyl (C=O) groups excluding carboxylic acids is 1. The predicted molar refractivity (Wildman–Crippen MR) is 90.3 cm³/mol. The van der Waals surface area contributed by atoms with Crippen molar-refractivity contribution in [2.75, 3.05) is 32.8 Å². The number of rotatable bonds is 6. The second-order valence-corrected chi connectivity index (χ2v) is 7.28. The number of piperidine rings is 1. The van der Waals surface area contributed by atoms with Gasteiger partial charge in [-0.3, -0.25) is 4.79 Å². The van der Waals surface area contributed by atoms with Crippen LogP contribution in [0.25, 0.3) is 0 Å². The van der Waals surface area contributed by atoms with Crippen LogP contribution in [0.1, 0.15) is 45.4 Å². The van der Waals surface area contributed by atoms with Gasteiger partial charge < -0.3 is 15.0 Å². The van der Waals surface area contributed by atoms with E-state index in [-0.39, 0.29) is 12.4 Å². The van der Waals surface area contributed by atoms with E-state index in [1.54, 1.807) is 0 Å². The fraction of sp³-hybridized carbons (Fsp3) is 0.941. The van der Waals surface area contributed by atoms with Crippen LogP contribution in [-0.4, -0.2) is 49.7 Å². The van der Waals surface area contributed by atoms with Crippen molar-refractivity contribution in [3.05, 3.63) is 0 Å². The highest BCUT2D eigenvalue weighted by Crippen LogP contribution is 2.31. The summed E-state index contributed by atoms with van der Waals surface area (Å²) in [6.45, 7) is 7.17. The first-order valence-electron chi connectivity index (χ1n) is 8.82. The van der Waals surface area contributed by atoms with E-state index < -0.39 is 0 Å². The molecule has 1 aliphatic carbocycles. The van der Waals surface area contributed by atoms with Crippen LogP contribution < -0.4 is 5.32 Å². The first-order valence-corrected chi connectivity index (χ1v) is 8.82. The zero-order valence-corrected chi connectivity index (χ0v) is 14.6. The van der Waals surface area contributed by atoms with Gasteiger partial charge in [-0.1, -0.05) is 6.92 Å². The molecular weight excluding hydrogens is 300 g/mol. The van der Waals surface area contributed by atoms with Gasteiger partial charge in [-0.15, -0.1) is 12.4 Å². The molecule has 2 unspecified atom stereocenters.